The van der Waals surface area contributed by atoms with Crippen molar-refractivity contribution in [3.8, 4) is 11.5 Å². The molecule has 0 radical (unpaired) electrons. The minimum atomic E-state index is -0.926. The molecule has 1 aromatic rings. The monoisotopic (exact) mass is 313 g/mol. The molecule has 0 aromatic heterocycles. The van der Waals surface area contributed by atoms with Crippen molar-refractivity contribution < 1.29 is 24.2 Å². The first-order chi connectivity index (χ1) is 9.99. The van der Waals surface area contributed by atoms with Gasteiger partial charge in [0, 0.05) is 19.2 Å². The normalized spacial score (nSPS) is 10.0. The number of carboxylic acid groups (broad SMARTS) is 1. The highest BCUT2D eigenvalue weighted by Crippen LogP contribution is 2.31. The Kier molecular flexibility index (Phi) is 6.87. The molecular formula is C14H19NO5S. The molecule has 1 N–H and O–H groups in total. The molecule has 0 saturated carbocycles. The highest BCUT2D eigenvalue weighted by Gasteiger charge is 2.15. The number of amides is 1. The van der Waals surface area contributed by atoms with Crippen LogP contribution in [0, 0.1) is 0 Å². The van der Waals surface area contributed by atoms with Gasteiger partial charge in [-0.25, -0.2) is 0 Å². The maximum Gasteiger partial charge on any atom is 0.313 e. The van der Waals surface area contributed by atoms with Gasteiger partial charge in [0.1, 0.15) is 0 Å². The molecule has 0 atom stereocenters. The van der Waals surface area contributed by atoms with Crippen LogP contribution in [0.1, 0.15) is 5.56 Å². The van der Waals surface area contributed by atoms with Crippen LogP contribution in [0.2, 0.25) is 0 Å². The van der Waals surface area contributed by atoms with Gasteiger partial charge in [-0.15, -0.1) is 11.8 Å². The second kappa shape index (κ2) is 8.41. The van der Waals surface area contributed by atoms with E-state index < -0.39 is 5.97 Å². The summed E-state index contributed by atoms with van der Waals surface area (Å²) in [5.74, 6) is 0.196. The van der Waals surface area contributed by atoms with Crippen LogP contribution in [0.25, 0.3) is 0 Å². The van der Waals surface area contributed by atoms with Gasteiger partial charge in [-0.3, -0.25) is 9.59 Å². The summed E-state index contributed by atoms with van der Waals surface area (Å²) < 4.78 is 10.5. The molecule has 0 saturated heterocycles. The van der Waals surface area contributed by atoms with E-state index in [1.807, 2.05) is 12.1 Å². The molecule has 6 nitrogen and oxygen atoms in total. The van der Waals surface area contributed by atoms with Crippen LogP contribution in [0.4, 0.5) is 0 Å². The van der Waals surface area contributed by atoms with Gasteiger partial charge in [0.25, 0.3) is 0 Å². The number of hydrogen-bond acceptors (Lipinski definition) is 5. The summed E-state index contributed by atoms with van der Waals surface area (Å²) in [6.07, 6.45) is 0. The van der Waals surface area contributed by atoms with Crippen molar-refractivity contribution in [2.75, 3.05) is 32.8 Å². The van der Waals surface area contributed by atoms with Crippen molar-refractivity contribution in [2.24, 2.45) is 0 Å². The Bertz CT molecular complexity index is 506. The maximum absolute atomic E-state index is 11.9. The molecule has 0 aliphatic carbocycles. The van der Waals surface area contributed by atoms with Crippen LogP contribution >= 0.6 is 11.8 Å². The molecule has 0 spiro atoms. The molecule has 0 aliphatic heterocycles. The van der Waals surface area contributed by atoms with Crippen molar-refractivity contribution in [3.63, 3.8) is 0 Å². The minimum absolute atomic E-state index is 0.0813. The minimum Gasteiger partial charge on any atom is -0.493 e. The third-order valence-electron chi connectivity index (χ3n) is 2.77. The first-order valence-corrected chi connectivity index (χ1v) is 7.38. The number of carboxylic acids is 1. The molecule has 0 aliphatic rings. The third-order valence-corrected chi connectivity index (χ3v) is 3.67. The summed E-state index contributed by atoms with van der Waals surface area (Å²) in [6, 6.07) is 5.47. The number of rotatable bonds is 8. The predicted molar refractivity (Wildman–Crippen MR) is 81.0 cm³/mol. The molecule has 7 heteroatoms. The van der Waals surface area contributed by atoms with Gasteiger partial charge in [-0.2, -0.15) is 0 Å². The van der Waals surface area contributed by atoms with Gasteiger partial charge in [0.05, 0.1) is 25.7 Å². The van der Waals surface area contributed by atoms with E-state index in [1.165, 1.54) is 4.90 Å². The number of aliphatic carboxylic acids is 1. The van der Waals surface area contributed by atoms with Crippen molar-refractivity contribution >= 4 is 23.6 Å². The molecule has 1 amide bonds. The Labute approximate surface area is 128 Å². The number of ether oxygens (including phenoxy) is 2. The number of carbonyl (C=O) groups is 2. The summed E-state index contributed by atoms with van der Waals surface area (Å²) >= 11 is 1.08. The first kappa shape index (κ1) is 17.2. The topological polar surface area (TPSA) is 76.1 Å². The zero-order valence-electron chi connectivity index (χ0n) is 12.3. The summed E-state index contributed by atoms with van der Waals surface area (Å²) in [4.78, 5) is 23.9. The molecule has 0 bridgehead atoms. The Morgan fingerprint density at radius 1 is 1.24 bits per heavy atom. The Hall–Kier alpha value is -1.89. The number of benzene rings is 1. The Morgan fingerprint density at radius 3 is 2.52 bits per heavy atom. The fourth-order valence-corrected chi connectivity index (χ4v) is 2.43. The van der Waals surface area contributed by atoms with Crippen molar-refractivity contribution in [2.45, 2.75) is 6.54 Å². The van der Waals surface area contributed by atoms with E-state index in [1.54, 1.807) is 27.3 Å². The van der Waals surface area contributed by atoms with Crippen molar-refractivity contribution in [1.29, 1.82) is 0 Å². The van der Waals surface area contributed by atoms with E-state index in [2.05, 4.69) is 0 Å². The Morgan fingerprint density at radius 2 is 1.95 bits per heavy atom. The average Bonchev–Trinajstić information content (AvgIpc) is 2.46. The number of carbonyl (C=O) groups excluding carboxylic acids is 1. The van der Waals surface area contributed by atoms with E-state index in [4.69, 9.17) is 14.6 Å². The van der Waals surface area contributed by atoms with Crippen LogP contribution in [-0.4, -0.2) is 54.7 Å². The number of nitrogens with zero attached hydrogens (tertiary/aromatic N) is 1. The highest BCUT2D eigenvalue weighted by molar-refractivity contribution is 8.00. The second-order valence-corrected chi connectivity index (χ2v) is 5.27. The third kappa shape index (κ3) is 5.18. The van der Waals surface area contributed by atoms with E-state index >= 15 is 0 Å². The number of methoxy groups -OCH3 is 2. The van der Waals surface area contributed by atoms with Crippen LogP contribution in [0.3, 0.4) is 0 Å². The number of thioether (sulfide) groups is 1. The summed E-state index contributed by atoms with van der Waals surface area (Å²) in [5.41, 5.74) is 0.830. The van der Waals surface area contributed by atoms with Gasteiger partial charge in [0.15, 0.2) is 11.5 Å². The molecule has 21 heavy (non-hydrogen) atoms. The summed E-state index contributed by atoms with van der Waals surface area (Å²) in [6.45, 7) is 0.368. The number of hydrogen-bond donors (Lipinski definition) is 1. The van der Waals surface area contributed by atoms with Crippen LogP contribution in [-0.2, 0) is 16.1 Å². The summed E-state index contributed by atoms with van der Waals surface area (Å²) in [7, 11) is 4.77. The molecule has 1 rings (SSSR count). The van der Waals surface area contributed by atoms with Gasteiger partial charge in [-0.1, -0.05) is 12.1 Å². The van der Waals surface area contributed by atoms with Gasteiger partial charge in [-0.05, 0) is 6.07 Å². The van der Waals surface area contributed by atoms with E-state index in [0.717, 1.165) is 17.3 Å². The van der Waals surface area contributed by atoms with Gasteiger partial charge >= 0.3 is 5.97 Å². The van der Waals surface area contributed by atoms with Crippen molar-refractivity contribution in [1.82, 2.24) is 4.90 Å². The van der Waals surface area contributed by atoms with E-state index in [9.17, 15) is 9.59 Å². The van der Waals surface area contributed by atoms with Gasteiger partial charge in [0.2, 0.25) is 5.91 Å². The fraction of sp³-hybridized carbons (Fsp3) is 0.429. The zero-order valence-corrected chi connectivity index (χ0v) is 13.1. The lowest BCUT2D eigenvalue weighted by atomic mass is 10.1. The standard InChI is InChI=1S/C14H19NO5S/c1-15(12(16)8-21-9-13(17)18)7-10-5-4-6-11(19-2)14(10)20-3/h4-6H,7-9H2,1-3H3,(H,17,18). The van der Waals surface area contributed by atoms with Gasteiger partial charge < -0.3 is 19.5 Å². The maximum atomic E-state index is 11.9. The number of para-hydroxylation sites is 1. The molecule has 116 valence electrons. The van der Waals surface area contributed by atoms with Crippen LogP contribution in [0.5, 0.6) is 11.5 Å². The smallest absolute Gasteiger partial charge is 0.313 e. The lowest BCUT2D eigenvalue weighted by molar-refractivity contribution is -0.133. The zero-order chi connectivity index (χ0) is 15.8. The molecular weight excluding hydrogens is 294 g/mol. The highest BCUT2D eigenvalue weighted by atomic mass is 32.2. The SMILES string of the molecule is COc1cccc(CN(C)C(=O)CSCC(=O)O)c1OC. The second-order valence-electron chi connectivity index (χ2n) is 4.29. The first-order valence-electron chi connectivity index (χ1n) is 6.23. The largest absolute Gasteiger partial charge is 0.493 e. The fourth-order valence-electron chi connectivity index (χ4n) is 1.76. The molecule has 0 fully saturated rings. The van der Waals surface area contributed by atoms with E-state index in [-0.39, 0.29) is 17.4 Å². The quantitative estimate of drug-likeness (QED) is 0.783. The lowest BCUT2D eigenvalue weighted by Gasteiger charge is -2.19. The van der Waals surface area contributed by atoms with Crippen LogP contribution in [0.15, 0.2) is 18.2 Å². The Balaban J connectivity index is 2.67. The molecule has 1 aromatic carbocycles. The van der Waals surface area contributed by atoms with E-state index in [0.29, 0.717) is 18.0 Å². The van der Waals surface area contributed by atoms with Crippen LogP contribution < -0.4 is 9.47 Å². The van der Waals surface area contributed by atoms with Crippen molar-refractivity contribution in [3.05, 3.63) is 23.8 Å². The average molecular weight is 313 g/mol. The molecule has 0 unspecified atom stereocenters. The lowest BCUT2D eigenvalue weighted by Crippen LogP contribution is -2.28. The molecule has 0 heterocycles. The predicted octanol–water partition coefficient (Wildman–Crippen LogP) is 1.48. The summed E-state index contributed by atoms with van der Waals surface area (Å²) in [5, 5.41) is 8.55.